The third-order valence-electron chi connectivity index (χ3n) is 9.39. The second-order valence-electron chi connectivity index (χ2n) is 14.0. The number of carbonyl (C=O) groups excluding carboxylic acids is 1. The van der Waals surface area contributed by atoms with E-state index < -0.39 is 5.60 Å². The van der Waals surface area contributed by atoms with E-state index >= 15 is 0 Å². The molecule has 0 atom stereocenters. The van der Waals surface area contributed by atoms with E-state index in [1.54, 1.807) is 4.57 Å². The molecule has 2 saturated heterocycles. The first-order valence-electron chi connectivity index (χ1n) is 17.2. The van der Waals surface area contributed by atoms with E-state index in [2.05, 4.69) is 80.3 Å². The molecule has 0 bridgehead atoms. The summed E-state index contributed by atoms with van der Waals surface area (Å²) in [4.78, 5) is 22.7. The lowest BCUT2D eigenvalue weighted by molar-refractivity contribution is 0.0547. The van der Waals surface area contributed by atoms with Crippen molar-refractivity contribution < 1.29 is 19.0 Å². The fraction of sp³-hybridized carbons (Fsp3) is 0.410. The van der Waals surface area contributed by atoms with Gasteiger partial charge in [0.15, 0.2) is 0 Å². The van der Waals surface area contributed by atoms with Gasteiger partial charge in [0.25, 0.3) is 0 Å². The van der Waals surface area contributed by atoms with Crippen LogP contribution in [0, 0.1) is 13.8 Å². The normalized spacial score (nSPS) is 16.0. The molecule has 8 rings (SSSR count). The minimum Gasteiger partial charge on any atom is -0.443 e. The van der Waals surface area contributed by atoms with Gasteiger partial charge in [-0.15, -0.1) is 12.4 Å². The van der Waals surface area contributed by atoms with E-state index in [9.17, 15) is 4.79 Å². The zero-order valence-electron chi connectivity index (χ0n) is 29.3. The van der Waals surface area contributed by atoms with Gasteiger partial charge >= 0.3 is 6.09 Å². The van der Waals surface area contributed by atoms with Gasteiger partial charge in [0.05, 0.1) is 33.3 Å². The number of hydrogen-bond donors (Lipinski definition) is 0. The van der Waals surface area contributed by atoms with Crippen molar-refractivity contribution >= 4 is 67.4 Å². The number of fused-ring (bicyclic) bond motifs is 3. The number of ether oxygens (including phenoxy) is 3. The van der Waals surface area contributed by atoms with Crippen molar-refractivity contribution in [3.05, 3.63) is 82.9 Å². The average Bonchev–Trinajstić information content (AvgIpc) is 3.74. The number of aromatic nitrogens is 5. The largest absolute Gasteiger partial charge is 0.443 e. The van der Waals surface area contributed by atoms with Crippen LogP contribution in [0.2, 0.25) is 0 Å². The fourth-order valence-electron chi connectivity index (χ4n) is 7.25. The first-order chi connectivity index (χ1) is 23.6. The molecule has 0 aliphatic carbocycles. The molecule has 0 unspecified atom stereocenters. The molecule has 11 heteroatoms. The molecule has 0 spiro atoms. The first-order valence-corrected chi connectivity index (χ1v) is 18.0. The molecule has 264 valence electrons. The summed E-state index contributed by atoms with van der Waals surface area (Å²) in [5.41, 5.74) is 6.37. The van der Waals surface area contributed by atoms with Crippen LogP contribution in [0.3, 0.4) is 0 Å². The maximum Gasteiger partial charge on any atom is 0.419 e. The Kier molecular flexibility index (Phi) is 10.7. The number of imidazole rings is 2. The zero-order chi connectivity index (χ0) is 34.3. The van der Waals surface area contributed by atoms with Crippen molar-refractivity contribution in [2.45, 2.75) is 78.0 Å². The smallest absolute Gasteiger partial charge is 0.419 e. The number of para-hydroxylation sites is 1. The summed E-state index contributed by atoms with van der Waals surface area (Å²) in [7, 11) is 0. The van der Waals surface area contributed by atoms with Gasteiger partial charge in [-0.2, -0.15) is 0 Å². The third kappa shape index (κ3) is 7.35. The SMILES string of the molecule is Cc1nc2cc(-c3cc4ccccc4n3C(=O)OC(C)(C)C)ccc2n1C1CCOCC1.Cc1nc2cc(Br)ccc2n1C1CCOCC1.Cl. The molecule has 0 radical (unpaired) electrons. The molecule has 0 saturated carbocycles. The summed E-state index contributed by atoms with van der Waals surface area (Å²) in [6, 6.07) is 23.5. The van der Waals surface area contributed by atoms with Gasteiger partial charge in [0.2, 0.25) is 0 Å². The number of carbonyl (C=O) groups is 1. The fourth-order valence-corrected chi connectivity index (χ4v) is 7.60. The number of aryl methyl sites for hydroxylation is 2. The van der Waals surface area contributed by atoms with E-state index in [1.807, 2.05) is 51.1 Å². The Balaban J connectivity index is 0.000000202. The van der Waals surface area contributed by atoms with E-state index in [0.29, 0.717) is 12.1 Å². The highest BCUT2D eigenvalue weighted by Crippen LogP contribution is 2.34. The van der Waals surface area contributed by atoms with Crippen molar-refractivity contribution in [3.8, 4) is 11.3 Å². The Morgan fingerprint density at radius 1 is 0.760 bits per heavy atom. The van der Waals surface area contributed by atoms with E-state index in [1.165, 1.54) is 5.52 Å². The standard InChI is InChI=1S/C26H29N3O3.C13H15BrN2O.ClH/c1-17-27-21-15-19(9-10-23(21)28(17)20-11-13-31-14-12-20)24-16-18-7-5-6-8-22(18)29(24)25(30)32-26(2,3)4;1-9-15-12-8-10(14)2-3-13(12)16(9)11-4-6-17-7-5-11;/h5-10,15-16,20H,11-14H2,1-4H3;2-3,8,11H,4-7H2,1H3;1H. The lowest BCUT2D eigenvalue weighted by Crippen LogP contribution is -2.27. The number of rotatable bonds is 3. The number of halogens is 2. The predicted octanol–water partition coefficient (Wildman–Crippen LogP) is 9.98. The van der Waals surface area contributed by atoms with Gasteiger partial charge in [-0.05, 0) is 103 Å². The Bertz CT molecular complexity index is 2130. The molecular formula is C39H45BrClN5O4. The molecule has 2 fully saturated rings. The monoisotopic (exact) mass is 761 g/mol. The van der Waals surface area contributed by atoms with Crippen LogP contribution in [0.5, 0.6) is 0 Å². The van der Waals surface area contributed by atoms with Crippen LogP contribution in [0.25, 0.3) is 44.2 Å². The molecule has 9 nitrogen and oxygen atoms in total. The molecule has 6 aromatic rings. The van der Waals surface area contributed by atoms with Crippen molar-refractivity contribution in [3.63, 3.8) is 0 Å². The molecule has 50 heavy (non-hydrogen) atoms. The van der Waals surface area contributed by atoms with Crippen LogP contribution >= 0.6 is 28.3 Å². The first kappa shape index (κ1) is 36.1. The predicted molar refractivity (Wildman–Crippen MR) is 205 cm³/mol. The second-order valence-corrected chi connectivity index (χ2v) is 14.9. The van der Waals surface area contributed by atoms with Crippen LogP contribution in [-0.2, 0) is 14.2 Å². The summed E-state index contributed by atoms with van der Waals surface area (Å²) in [6.07, 6.45) is 3.80. The minimum atomic E-state index is -0.580. The van der Waals surface area contributed by atoms with Gasteiger partial charge in [-0.3, -0.25) is 0 Å². The molecule has 5 heterocycles. The average molecular weight is 763 g/mol. The highest BCUT2D eigenvalue weighted by atomic mass is 79.9. The maximum absolute atomic E-state index is 13.2. The van der Waals surface area contributed by atoms with Crippen molar-refractivity contribution in [1.82, 2.24) is 23.7 Å². The zero-order valence-corrected chi connectivity index (χ0v) is 31.7. The highest BCUT2D eigenvalue weighted by Gasteiger charge is 2.25. The number of hydrogen-bond acceptors (Lipinski definition) is 6. The topological polar surface area (TPSA) is 85.3 Å². The molecule has 3 aromatic heterocycles. The van der Waals surface area contributed by atoms with Gasteiger partial charge in [0.1, 0.15) is 17.2 Å². The highest BCUT2D eigenvalue weighted by molar-refractivity contribution is 9.10. The number of benzene rings is 3. The van der Waals surface area contributed by atoms with Crippen molar-refractivity contribution in [1.29, 1.82) is 0 Å². The summed E-state index contributed by atoms with van der Waals surface area (Å²) in [5, 5.41) is 0.998. The van der Waals surface area contributed by atoms with Crippen molar-refractivity contribution in [2.24, 2.45) is 0 Å². The van der Waals surface area contributed by atoms with Crippen LogP contribution in [-0.4, -0.2) is 61.8 Å². The number of nitrogens with zero attached hydrogens (tertiary/aromatic N) is 5. The Hall–Kier alpha value is -3.70. The molecule has 0 amide bonds. The van der Waals surface area contributed by atoms with Gasteiger partial charge in [0, 0.05) is 53.9 Å². The summed E-state index contributed by atoms with van der Waals surface area (Å²) < 4.78 is 24.2. The third-order valence-corrected chi connectivity index (χ3v) is 9.88. The molecule has 2 aliphatic rings. The molecule has 0 N–H and O–H groups in total. The Morgan fingerprint density at radius 3 is 1.88 bits per heavy atom. The lowest BCUT2D eigenvalue weighted by atomic mass is 10.1. The van der Waals surface area contributed by atoms with Crippen LogP contribution in [0.4, 0.5) is 4.79 Å². The van der Waals surface area contributed by atoms with E-state index in [0.717, 1.165) is 107 Å². The summed E-state index contributed by atoms with van der Waals surface area (Å²) in [6.45, 7) is 13.1. The van der Waals surface area contributed by atoms with Crippen LogP contribution < -0.4 is 0 Å². The maximum atomic E-state index is 13.2. The Morgan fingerprint density at radius 2 is 1.30 bits per heavy atom. The van der Waals surface area contributed by atoms with Gasteiger partial charge in [-0.25, -0.2) is 19.3 Å². The van der Waals surface area contributed by atoms with E-state index in [4.69, 9.17) is 19.2 Å². The molecule has 3 aromatic carbocycles. The van der Waals surface area contributed by atoms with Crippen LogP contribution in [0.1, 0.15) is 70.2 Å². The van der Waals surface area contributed by atoms with E-state index in [-0.39, 0.29) is 18.5 Å². The quantitative estimate of drug-likeness (QED) is 0.179. The van der Waals surface area contributed by atoms with Gasteiger partial charge in [-0.1, -0.05) is 40.2 Å². The minimum absolute atomic E-state index is 0. The molecule has 2 aliphatic heterocycles. The van der Waals surface area contributed by atoms with Crippen molar-refractivity contribution in [2.75, 3.05) is 26.4 Å². The summed E-state index contributed by atoms with van der Waals surface area (Å²) in [5.74, 6) is 2.11. The summed E-state index contributed by atoms with van der Waals surface area (Å²) >= 11 is 3.49. The van der Waals surface area contributed by atoms with Crippen LogP contribution in [0.15, 0.2) is 71.2 Å². The Labute approximate surface area is 307 Å². The second kappa shape index (κ2) is 14.9. The van der Waals surface area contributed by atoms with Gasteiger partial charge < -0.3 is 23.3 Å². The lowest BCUT2D eigenvalue weighted by Gasteiger charge is -2.25. The molecular weight excluding hydrogens is 718 g/mol.